The average molecular weight is 400 g/mol. The van der Waals surface area contributed by atoms with E-state index in [0.29, 0.717) is 17.9 Å². The summed E-state index contributed by atoms with van der Waals surface area (Å²) in [6, 6.07) is 2.85. The topological polar surface area (TPSA) is 119 Å². The Morgan fingerprint density at radius 2 is 1.85 bits per heavy atom. The summed E-state index contributed by atoms with van der Waals surface area (Å²) in [6.07, 6.45) is 7.46. The highest BCUT2D eigenvalue weighted by molar-refractivity contribution is 6.33. The highest BCUT2D eigenvalue weighted by atomic mass is 35.5. The van der Waals surface area contributed by atoms with Crippen molar-refractivity contribution >= 4 is 29.2 Å². The average Bonchev–Trinajstić information content (AvgIpc) is 2.64. The molecular formula is C19H30ClN3O4. The van der Waals surface area contributed by atoms with E-state index in [-0.39, 0.29) is 10.6 Å². The Morgan fingerprint density at radius 3 is 2.41 bits per heavy atom. The zero-order chi connectivity index (χ0) is 20.2. The summed E-state index contributed by atoms with van der Waals surface area (Å²) >= 11 is 5.70. The number of anilines is 1. The number of benzene rings is 1. The number of primary amides is 1. The van der Waals surface area contributed by atoms with Gasteiger partial charge in [0.1, 0.15) is 5.75 Å². The summed E-state index contributed by atoms with van der Waals surface area (Å²) in [5.74, 6) is -0.934. The number of carboxylic acid groups (broad SMARTS) is 1. The van der Waals surface area contributed by atoms with Crippen molar-refractivity contribution in [1.29, 1.82) is 0 Å². The van der Waals surface area contributed by atoms with Crippen LogP contribution >= 0.6 is 11.6 Å². The molecule has 1 aliphatic heterocycles. The summed E-state index contributed by atoms with van der Waals surface area (Å²) < 4.78 is 4.90. The van der Waals surface area contributed by atoms with Crippen LogP contribution in [-0.4, -0.2) is 48.6 Å². The smallest absolute Gasteiger partial charge is 0.303 e. The SMILES string of the molecule is COc1cc(N)c(Cl)cc1C(N)=O.O=C(O)CCCCCN1CCCCC1. The van der Waals surface area contributed by atoms with Crippen molar-refractivity contribution in [1.82, 2.24) is 4.90 Å². The second-order valence-electron chi connectivity index (χ2n) is 6.54. The number of likely N-dealkylation sites (tertiary alicyclic amines) is 1. The van der Waals surface area contributed by atoms with Gasteiger partial charge in [0.15, 0.2) is 0 Å². The van der Waals surface area contributed by atoms with Crippen LogP contribution in [0, 0.1) is 0 Å². The minimum atomic E-state index is -0.664. The number of nitrogens with two attached hydrogens (primary N) is 2. The van der Waals surface area contributed by atoms with Crippen molar-refractivity contribution in [3.63, 3.8) is 0 Å². The molecule has 0 saturated carbocycles. The lowest BCUT2D eigenvalue weighted by Gasteiger charge is -2.26. The molecule has 2 rings (SSSR count). The quantitative estimate of drug-likeness (QED) is 0.456. The lowest BCUT2D eigenvalue weighted by Crippen LogP contribution is -2.30. The van der Waals surface area contributed by atoms with E-state index in [4.69, 9.17) is 32.9 Å². The number of ether oxygens (including phenoxy) is 1. The van der Waals surface area contributed by atoms with Crippen LogP contribution in [0.4, 0.5) is 5.69 Å². The predicted octanol–water partition coefficient (Wildman–Crippen LogP) is 3.15. The number of carbonyl (C=O) groups excluding carboxylic acids is 1. The number of nitrogen functional groups attached to an aromatic ring is 1. The summed E-state index contributed by atoms with van der Waals surface area (Å²) in [7, 11) is 1.43. The maximum Gasteiger partial charge on any atom is 0.303 e. The van der Waals surface area contributed by atoms with Crippen LogP contribution in [-0.2, 0) is 4.79 Å². The molecule has 1 aromatic carbocycles. The molecule has 0 bridgehead atoms. The molecule has 0 radical (unpaired) electrons. The third-order valence-corrected chi connectivity index (χ3v) is 4.73. The van der Waals surface area contributed by atoms with Gasteiger partial charge in [-0.2, -0.15) is 0 Å². The van der Waals surface area contributed by atoms with Crippen LogP contribution in [0.2, 0.25) is 5.02 Å². The molecule has 1 saturated heterocycles. The van der Waals surface area contributed by atoms with Gasteiger partial charge in [0.2, 0.25) is 0 Å². The van der Waals surface area contributed by atoms with Crippen molar-refractivity contribution in [2.75, 3.05) is 32.5 Å². The number of unbranched alkanes of at least 4 members (excludes halogenated alkanes) is 2. The Kier molecular flexibility index (Phi) is 10.6. The zero-order valence-electron chi connectivity index (χ0n) is 15.9. The van der Waals surface area contributed by atoms with Crippen LogP contribution in [0.5, 0.6) is 5.75 Å². The van der Waals surface area contributed by atoms with Crippen LogP contribution < -0.4 is 16.2 Å². The van der Waals surface area contributed by atoms with Crippen LogP contribution in [0.1, 0.15) is 55.3 Å². The number of halogens is 1. The molecule has 0 unspecified atom stereocenters. The number of rotatable bonds is 8. The Balaban J connectivity index is 0.000000271. The van der Waals surface area contributed by atoms with E-state index in [9.17, 15) is 9.59 Å². The summed E-state index contributed by atoms with van der Waals surface area (Å²) in [5.41, 5.74) is 11.2. The number of carboxylic acids is 1. The van der Waals surface area contributed by atoms with Gasteiger partial charge in [-0.3, -0.25) is 9.59 Å². The minimum absolute atomic E-state index is 0.224. The van der Waals surface area contributed by atoms with Gasteiger partial charge >= 0.3 is 5.97 Å². The fourth-order valence-corrected chi connectivity index (χ4v) is 3.07. The summed E-state index contributed by atoms with van der Waals surface area (Å²) in [4.78, 5) is 23.6. The first-order valence-electron chi connectivity index (χ1n) is 9.22. The Bertz CT molecular complexity index is 619. The number of hydrogen-bond acceptors (Lipinski definition) is 5. The molecule has 1 aromatic rings. The molecule has 0 aromatic heterocycles. The predicted molar refractivity (Wildman–Crippen MR) is 107 cm³/mol. The number of methoxy groups -OCH3 is 1. The van der Waals surface area contributed by atoms with Crippen molar-refractivity contribution < 1.29 is 19.4 Å². The van der Waals surface area contributed by atoms with E-state index in [1.165, 1.54) is 58.1 Å². The molecule has 1 heterocycles. The molecule has 0 atom stereocenters. The molecule has 5 N–H and O–H groups in total. The molecule has 1 aliphatic rings. The summed E-state index contributed by atoms with van der Waals surface area (Å²) in [6.45, 7) is 3.66. The highest BCUT2D eigenvalue weighted by Gasteiger charge is 2.11. The fourth-order valence-electron chi connectivity index (χ4n) is 2.90. The van der Waals surface area contributed by atoms with E-state index in [1.54, 1.807) is 0 Å². The second-order valence-corrected chi connectivity index (χ2v) is 6.95. The van der Waals surface area contributed by atoms with Gasteiger partial charge in [0, 0.05) is 12.5 Å². The van der Waals surface area contributed by atoms with Crippen molar-refractivity contribution in [3.8, 4) is 5.75 Å². The number of piperidine rings is 1. The van der Waals surface area contributed by atoms with Gasteiger partial charge in [-0.05, 0) is 51.4 Å². The number of amides is 1. The Labute approximate surface area is 165 Å². The number of hydrogen-bond donors (Lipinski definition) is 3. The zero-order valence-corrected chi connectivity index (χ0v) is 16.6. The van der Waals surface area contributed by atoms with Crippen LogP contribution in [0.25, 0.3) is 0 Å². The van der Waals surface area contributed by atoms with Gasteiger partial charge in [-0.25, -0.2) is 0 Å². The molecule has 7 nitrogen and oxygen atoms in total. The molecule has 27 heavy (non-hydrogen) atoms. The van der Waals surface area contributed by atoms with Gasteiger partial charge in [-0.15, -0.1) is 0 Å². The molecule has 0 aliphatic carbocycles. The molecule has 8 heteroatoms. The lowest BCUT2D eigenvalue weighted by molar-refractivity contribution is -0.137. The maximum absolute atomic E-state index is 10.9. The second kappa shape index (κ2) is 12.4. The monoisotopic (exact) mass is 399 g/mol. The minimum Gasteiger partial charge on any atom is -0.496 e. The lowest BCUT2D eigenvalue weighted by atomic mass is 10.1. The molecule has 152 valence electrons. The third kappa shape index (κ3) is 8.97. The van der Waals surface area contributed by atoms with E-state index in [0.717, 1.165) is 19.3 Å². The van der Waals surface area contributed by atoms with Crippen molar-refractivity contribution in [2.24, 2.45) is 5.73 Å². The standard InChI is InChI=1S/C11H21NO2.C8H9ClN2O2/c13-11(14)7-3-1-4-8-12-9-5-2-6-10-12;1-13-7-3-6(10)5(9)2-4(7)8(11)12/h1-10H2,(H,13,14);2-3H,10H2,1H3,(H2,11,12). The normalized spacial score (nSPS) is 14.1. The maximum atomic E-state index is 10.9. The molecular weight excluding hydrogens is 370 g/mol. The number of carbonyl (C=O) groups is 2. The number of aliphatic carboxylic acids is 1. The first kappa shape index (κ1) is 23.0. The van der Waals surface area contributed by atoms with Crippen LogP contribution in [0.3, 0.4) is 0 Å². The van der Waals surface area contributed by atoms with E-state index >= 15 is 0 Å². The Hall–Kier alpha value is -1.99. The summed E-state index contributed by atoms with van der Waals surface area (Å²) in [5, 5.41) is 8.74. The van der Waals surface area contributed by atoms with Gasteiger partial charge < -0.3 is 26.2 Å². The Morgan fingerprint density at radius 1 is 1.19 bits per heavy atom. The first-order valence-corrected chi connectivity index (χ1v) is 9.60. The molecule has 0 spiro atoms. The van der Waals surface area contributed by atoms with Crippen LogP contribution in [0.15, 0.2) is 12.1 Å². The third-order valence-electron chi connectivity index (χ3n) is 4.40. The van der Waals surface area contributed by atoms with E-state index in [1.807, 2.05) is 0 Å². The fraction of sp³-hybridized carbons (Fsp3) is 0.579. The van der Waals surface area contributed by atoms with E-state index in [2.05, 4.69) is 4.90 Å². The first-order chi connectivity index (χ1) is 12.8. The van der Waals surface area contributed by atoms with Gasteiger partial charge in [0.25, 0.3) is 5.91 Å². The van der Waals surface area contributed by atoms with Gasteiger partial charge in [0.05, 0.1) is 23.4 Å². The van der Waals surface area contributed by atoms with Gasteiger partial charge in [-0.1, -0.05) is 24.4 Å². The molecule has 1 fully saturated rings. The highest BCUT2D eigenvalue weighted by Crippen LogP contribution is 2.28. The van der Waals surface area contributed by atoms with Crippen molar-refractivity contribution in [3.05, 3.63) is 22.7 Å². The van der Waals surface area contributed by atoms with E-state index < -0.39 is 11.9 Å². The largest absolute Gasteiger partial charge is 0.496 e. The molecule has 1 amide bonds. The number of nitrogens with zero attached hydrogens (tertiary/aromatic N) is 1. The van der Waals surface area contributed by atoms with Crippen molar-refractivity contribution in [2.45, 2.75) is 44.9 Å².